The van der Waals surface area contributed by atoms with E-state index < -0.39 is 5.97 Å². The minimum atomic E-state index is -0.454. The van der Waals surface area contributed by atoms with Gasteiger partial charge in [0.05, 0.1) is 23.3 Å². The summed E-state index contributed by atoms with van der Waals surface area (Å²) in [5.74, 6) is 0.692. The number of piperidine rings is 1. The molecule has 0 radical (unpaired) electrons. The van der Waals surface area contributed by atoms with Crippen molar-refractivity contribution in [3.8, 4) is 22.6 Å². The summed E-state index contributed by atoms with van der Waals surface area (Å²) in [6, 6.07) is 13.7. The zero-order valence-electron chi connectivity index (χ0n) is 20.8. The SMILES string of the molecule is COC(=O)c1ccc(-c2ccc(-c3nnc(N4CCC(OC)(C5CCCCC5)CC4)o3)cc2)cc1Cl. The summed E-state index contributed by atoms with van der Waals surface area (Å²) >= 11 is 6.28. The molecule has 0 amide bonds. The molecule has 2 fully saturated rings. The van der Waals surface area contributed by atoms with Crippen LogP contribution in [0.4, 0.5) is 6.01 Å². The number of carbonyl (C=O) groups is 1. The maximum atomic E-state index is 11.8. The predicted octanol–water partition coefficient (Wildman–Crippen LogP) is 6.41. The molecule has 1 saturated carbocycles. The zero-order chi connectivity index (χ0) is 25.1. The van der Waals surface area contributed by atoms with E-state index in [-0.39, 0.29) is 5.60 Å². The molecular weight excluding hydrogens is 478 g/mol. The van der Waals surface area contributed by atoms with E-state index in [9.17, 15) is 4.79 Å². The van der Waals surface area contributed by atoms with Gasteiger partial charge in [0, 0.05) is 25.8 Å². The van der Waals surface area contributed by atoms with Gasteiger partial charge >= 0.3 is 12.0 Å². The third-order valence-corrected chi connectivity index (χ3v) is 8.20. The second-order valence-corrected chi connectivity index (χ2v) is 10.2. The van der Waals surface area contributed by atoms with Gasteiger partial charge in [0.15, 0.2) is 0 Å². The molecular formula is C28H32ClN3O4. The second kappa shape index (κ2) is 10.6. The van der Waals surface area contributed by atoms with Gasteiger partial charge in [0.2, 0.25) is 5.89 Å². The molecule has 190 valence electrons. The standard InChI is InChI=1S/C28H32ClN3O4/c1-34-26(33)23-13-12-21(18-24(23)29)19-8-10-20(11-9-19)25-30-31-27(36-25)32-16-14-28(35-2,15-17-32)22-6-4-3-5-7-22/h8-13,18,22H,3-7,14-17H2,1-2H3. The van der Waals surface area contributed by atoms with Crippen molar-refractivity contribution >= 4 is 23.6 Å². The average molecular weight is 510 g/mol. The third kappa shape index (κ3) is 4.87. The molecule has 8 heteroatoms. The molecule has 1 aromatic heterocycles. The molecule has 36 heavy (non-hydrogen) atoms. The maximum absolute atomic E-state index is 11.8. The minimum absolute atomic E-state index is 0.0203. The van der Waals surface area contributed by atoms with Crippen molar-refractivity contribution in [2.45, 2.75) is 50.5 Å². The Labute approximate surface area is 216 Å². The van der Waals surface area contributed by atoms with Crippen LogP contribution in [0.15, 0.2) is 46.9 Å². The topological polar surface area (TPSA) is 77.7 Å². The smallest absolute Gasteiger partial charge is 0.339 e. The summed E-state index contributed by atoms with van der Waals surface area (Å²) in [7, 11) is 3.21. The fourth-order valence-electron chi connectivity index (χ4n) is 5.72. The molecule has 2 aliphatic rings. The van der Waals surface area contributed by atoms with Gasteiger partial charge in [-0.15, -0.1) is 5.10 Å². The van der Waals surface area contributed by atoms with Crippen LogP contribution in [0.3, 0.4) is 0 Å². The minimum Gasteiger partial charge on any atom is -0.465 e. The number of ether oxygens (including phenoxy) is 2. The van der Waals surface area contributed by atoms with Crippen molar-refractivity contribution in [2.24, 2.45) is 5.92 Å². The Balaban J connectivity index is 1.25. The van der Waals surface area contributed by atoms with Crippen LogP contribution in [0.1, 0.15) is 55.3 Å². The summed E-state index contributed by atoms with van der Waals surface area (Å²) in [5.41, 5.74) is 3.04. The van der Waals surface area contributed by atoms with Gasteiger partial charge in [-0.05, 0) is 67.0 Å². The first-order valence-corrected chi connectivity index (χ1v) is 13.0. The highest BCUT2D eigenvalue weighted by Gasteiger charge is 2.42. The summed E-state index contributed by atoms with van der Waals surface area (Å²) in [6.07, 6.45) is 8.50. The molecule has 1 aliphatic heterocycles. The Hall–Kier alpha value is -2.90. The number of halogens is 1. The molecule has 2 aromatic carbocycles. The molecule has 2 heterocycles. The summed E-state index contributed by atoms with van der Waals surface area (Å²) in [5, 5.41) is 8.99. The van der Waals surface area contributed by atoms with Crippen molar-refractivity contribution in [3.63, 3.8) is 0 Å². The monoisotopic (exact) mass is 509 g/mol. The Morgan fingerprint density at radius 3 is 2.28 bits per heavy atom. The highest BCUT2D eigenvalue weighted by molar-refractivity contribution is 6.33. The zero-order valence-corrected chi connectivity index (χ0v) is 21.6. The van der Waals surface area contributed by atoms with Crippen LogP contribution in [-0.2, 0) is 9.47 Å². The lowest BCUT2D eigenvalue weighted by Crippen LogP contribution is -2.50. The summed E-state index contributed by atoms with van der Waals surface area (Å²) in [4.78, 5) is 14.0. The first-order valence-electron chi connectivity index (χ1n) is 12.7. The molecule has 0 unspecified atom stereocenters. The average Bonchev–Trinajstić information content (AvgIpc) is 3.43. The largest absolute Gasteiger partial charge is 0.465 e. The summed E-state index contributed by atoms with van der Waals surface area (Å²) in [6.45, 7) is 1.71. The molecule has 1 aliphatic carbocycles. The van der Waals surface area contributed by atoms with Gasteiger partial charge in [-0.25, -0.2) is 4.79 Å². The van der Waals surface area contributed by atoms with Crippen LogP contribution in [0.25, 0.3) is 22.6 Å². The van der Waals surface area contributed by atoms with Crippen molar-refractivity contribution in [3.05, 3.63) is 53.1 Å². The van der Waals surface area contributed by atoms with E-state index in [4.69, 9.17) is 25.5 Å². The molecule has 0 N–H and O–H groups in total. The number of hydrogen-bond acceptors (Lipinski definition) is 7. The Kier molecular flexibility index (Phi) is 7.30. The van der Waals surface area contributed by atoms with E-state index in [0.29, 0.717) is 28.4 Å². The van der Waals surface area contributed by atoms with Crippen LogP contribution in [0, 0.1) is 5.92 Å². The van der Waals surface area contributed by atoms with E-state index >= 15 is 0 Å². The van der Waals surface area contributed by atoms with E-state index in [0.717, 1.165) is 42.6 Å². The fourth-order valence-corrected chi connectivity index (χ4v) is 5.98. The number of benzene rings is 2. The van der Waals surface area contributed by atoms with Crippen molar-refractivity contribution < 1.29 is 18.7 Å². The maximum Gasteiger partial charge on any atom is 0.339 e. The number of anilines is 1. The normalized spacial score (nSPS) is 18.2. The summed E-state index contributed by atoms with van der Waals surface area (Å²) < 4.78 is 17.0. The molecule has 1 saturated heterocycles. The molecule has 0 bridgehead atoms. The van der Waals surface area contributed by atoms with E-state index in [1.807, 2.05) is 37.4 Å². The Morgan fingerprint density at radius 1 is 0.972 bits per heavy atom. The van der Waals surface area contributed by atoms with Gasteiger partial charge in [0.25, 0.3) is 0 Å². The highest BCUT2D eigenvalue weighted by Crippen LogP contribution is 2.42. The van der Waals surface area contributed by atoms with Gasteiger partial charge in [-0.2, -0.15) is 0 Å². The lowest BCUT2D eigenvalue weighted by Gasteiger charge is -2.46. The number of aromatic nitrogens is 2. The van der Waals surface area contributed by atoms with E-state index in [1.165, 1.54) is 39.2 Å². The lowest BCUT2D eigenvalue weighted by atomic mass is 9.72. The second-order valence-electron chi connectivity index (χ2n) is 9.74. The highest BCUT2D eigenvalue weighted by atomic mass is 35.5. The number of esters is 1. The first kappa shape index (κ1) is 24.8. The molecule has 5 rings (SSSR count). The molecule has 7 nitrogen and oxygen atoms in total. The van der Waals surface area contributed by atoms with Crippen LogP contribution in [0.5, 0.6) is 0 Å². The number of nitrogens with zero attached hydrogens (tertiary/aromatic N) is 3. The quantitative estimate of drug-likeness (QED) is 0.355. The van der Waals surface area contributed by atoms with Gasteiger partial charge in [0.1, 0.15) is 0 Å². The molecule has 3 aromatic rings. The van der Waals surface area contributed by atoms with Crippen molar-refractivity contribution in [1.82, 2.24) is 10.2 Å². The van der Waals surface area contributed by atoms with E-state index in [2.05, 4.69) is 15.1 Å². The molecule has 0 atom stereocenters. The van der Waals surface area contributed by atoms with E-state index in [1.54, 1.807) is 12.1 Å². The molecule has 0 spiro atoms. The number of carbonyl (C=O) groups excluding carboxylic acids is 1. The van der Waals surface area contributed by atoms with Crippen LogP contribution in [0.2, 0.25) is 5.02 Å². The Morgan fingerprint density at radius 2 is 1.64 bits per heavy atom. The lowest BCUT2D eigenvalue weighted by molar-refractivity contribution is -0.0859. The number of methoxy groups -OCH3 is 2. The predicted molar refractivity (Wildman–Crippen MR) is 139 cm³/mol. The van der Waals surface area contributed by atoms with Crippen LogP contribution in [-0.4, -0.2) is 49.1 Å². The van der Waals surface area contributed by atoms with Gasteiger partial charge < -0.3 is 18.8 Å². The third-order valence-electron chi connectivity index (χ3n) is 7.89. The number of rotatable bonds is 6. The van der Waals surface area contributed by atoms with Crippen molar-refractivity contribution in [1.29, 1.82) is 0 Å². The first-order chi connectivity index (χ1) is 17.5. The fraction of sp³-hybridized carbons (Fsp3) is 0.464. The van der Waals surface area contributed by atoms with Gasteiger partial charge in [-0.3, -0.25) is 0 Å². The van der Waals surface area contributed by atoms with Gasteiger partial charge in [-0.1, -0.05) is 54.2 Å². The number of hydrogen-bond donors (Lipinski definition) is 0. The van der Waals surface area contributed by atoms with Crippen molar-refractivity contribution in [2.75, 3.05) is 32.2 Å². The van der Waals surface area contributed by atoms with Crippen LogP contribution >= 0.6 is 11.6 Å². The Bertz CT molecular complexity index is 1200. The van der Waals surface area contributed by atoms with Crippen LogP contribution < -0.4 is 4.90 Å².